The molecule has 0 bridgehead atoms. The first-order chi connectivity index (χ1) is 8.61. The number of methoxy groups -OCH3 is 1. The molecule has 3 nitrogen and oxygen atoms in total. The van der Waals surface area contributed by atoms with Crippen LogP contribution in [0.15, 0.2) is 18.2 Å². The van der Waals surface area contributed by atoms with Crippen molar-refractivity contribution >= 4 is 0 Å². The number of nitrogens with zero attached hydrogens (tertiary/aromatic N) is 1. The Kier molecular flexibility index (Phi) is 4.25. The molecule has 1 aliphatic heterocycles. The minimum Gasteiger partial charge on any atom is -0.496 e. The van der Waals surface area contributed by atoms with E-state index in [2.05, 4.69) is 24.0 Å². The van der Waals surface area contributed by atoms with Gasteiger partial charge in [-0.15, -0.1) is 0 Å². The maximum Gasteiger partial charge on any atom is 0.123 e. The Bertz CT molecular complexity index is 403. The average Bonchev–Trinajstić information content (AvgIpc) is 2.75. The summed E-state index contributed by atoms with van der Waals surface area (Å²) in [6.07, 6.45) is 2.60. The largest absolute Gasteiger partial charge is 0.496 e. The van der Waals surface area contributed by atoms with Crippen molar-refractivity contribution in [2.24, 2.45) is 5.73 Å². The van der Waals surface area contributed by atoms with Crippen molar-refractivity contribution < 1.29 is 4.74 Å². The lowest BCUT2D eigenvalue weighted by Crippen LogP contribution is -2.26. The fraction of sp³-hybridized carbons (Fsp3) is 0.600. The summed E-state index contributed by atoms with van der Waals surface area (Å²) in [5, 5.41) is 0. The van der Waals surface area contributed by atoms with Gasteiger partial charge in [-0.3, -0.25) is 4.90 Å². The lowest BCUT2D eigenvalue weighted by molar-refractivity contribution is 0.256. The number of nitrogens with two attached hydrogens (primary N) is 1. The summed E-state index contributed by atoms with van der Waals surface area (Å²) in [5.41, 5.74) is 8.38. The van der Waals surface area contributed by atoms with E-state index in [1.807, 2.05) is 13.0 Å². The number of rotatable bonds is 4. The third-order valence-electron chi connectivity index (χ3n) is 3.89. The van der Waals surface area contributed by atoms with Crippen LogP contribution in [0.3, 0.4) is 0 Å². The van der Waals surface area contributed by atoms with Gasteiger partial charge in [-0.2, -0.15) is 0 Å². The van der Waals surface area contributed by atoms with Crippen LogP contribution < -0.4 is 10.5 Å². The molecule has 18 heavy (non-hydrogen) atoms. The van der Waals surface area contributed by atoms with Crippen LogP contribution in [-0.4, -0.2) is 24.6 Å². The van der Waals surface area contributed by atoms with Crippen molar-refractivity contribution in [1.82, 2.24) is 4.90 Å². The average molecular weight is 248 g/mol. The lowest BCUT2D eigenvalue weighted by Gasteiger charge is -2.23. The van der Waals surface area contributed by atoms with Gasteiger partial charge in [0.15, 0.2) is 0 Å². The molecule has 0 aromatic heterocycles. The predicted molar refractivity (Wildman–Crippen MR) is 74.7 cm³/mol. The van der Waals surface area contributed by atoms with E-state index in [-0.39, 0.29) is 6.04 Å². The zero-order valence-electron chi connectivity index (χ0n) is 11.6. The Morgan fingerprint density at radius 2 is 2.28 bits per heavy atom. The second kappa shape index (κ2) is 5.72. The lowest BCUT2D eigenvalue weighted by atomic mass is 10.0. The standard InChI is InChI=1S/C15H24N2O/c1-11-5-4-8-17(11)10-14-9-13(12(2)16)6-7-15(14)18-3/h6-7,9,11-12H,4-5,8,10,16H2,1-3H3. The molecule has 1 aromatic carbocycles. The van der Waals surface area contributed by atoms with Crippen LogP contribution in [0.1, 0.15) is 43.9 Å². The van der Waals surface area contributed by atoms with E-state index < -0.39 is 0 Å². The van der Waals surface area contributed by atoms with E-state index >= 15 is 0 Å². The molecule has 0 spiro atoms. The van der Waals surface area contributed by atoms with Gasteiger partial charge in [-0.05, 0) is 50.9 Å². The molecule has 2 atom stereocenters. The molecule has 0 radical (unpaired) electrons. The molecular formula is C15H24N2O. The summed E-state index contributed by atoms with van der Waals surface area (Å²) in [7, 11) is 1.73. The summed E-state index contributed by atoms with van der Waals surface area (Å²) in [6.45, 7) is 6.47. The quantitative estimate of drug-likeness (QED) is 0.890. The molecule has 0 amide bonds. The Balaban J connectivity index is 2.21. The van der Waals surface area contributed by atoms with Crippen molar-refractivity contribution in [3.8, 4) is 5.75 Å². The third-order valence-corrected chi connectivity index (χ3v) is 3.89. The van der Waals surface area contributed by atoms with Gasteiger partial charge in [-0.25, -0.2) is 0 Å². The first-order valence-corrected chi connectivity index (χ1v) is 6.78. The van der Waals surface area contributed by atoms with Gasteiger partial charge in [-0.1, -0.05) is 6.07 Å². The molecule has 1 heterocycles. The highest BCUT2D eigenvalue weighted by Crippen LogP contribution is 2.27. The second-order valence-electron chi connectivity index (χ2n) is 5.32. The third kappa shape index (κ3) is 2.85. The van der Waals surface area contributed by atoms with E-state index in [1.54, 1.807) is 7.11 Å². The fourth-order valence-electron chi connectivity index (χ4n) is 2.65. The molecule has 2 rings (SSSR count). The van der Waals surface area contributed by atoms with E-state index in [9.17, 15) is 0 Å². The summed E-state index contributed by atoms with van der Waals surface area (Å²) in [6, 6.07) is 7.03. The molecule has 1 aromatic rings. The van der Waals surface area contributed by atoms with Crippen LogP contribution in [0.4, 0.5) is 0 Å². The van der Waals surface area contributed by atoms with Gasteiger partial charge in [0, 0.05) is 24.2 Å². The molecule has 1 fully saturated rings. The maximum atomic E-state index is 5.96. The van der Waals surface area contributed by atoms with Crippen LogP contribution in [0.5, 0.6) is 5.75 Å². The predicted octanol–water partition coefficient (Wildman–Crippen LogP) is 2.70. The Morgan fingerprint density at radius 3 is 2.83 bits per heavy atom. The van der Waals surface area contributed by atoms with Gasteiger partial charge in [0.25, 0.3) is 0 Å². The molecule has 3 heteroatoms. The topological polar surface area (TPSA) is 38.5 Å². The van der Waals surface area contributed by atoms with Crippen molar-refractivity contribution in [3.63, 3.8) is 0 Å². The van der Waals surface area contributed by atoms with Gasteiger partial charge in [0.05, 0.1) is 7.11 Å². The van der Waals surface area contributed by atoms with Crippen LogP contribution in [0.2, 0.25) is 0 Å². The molecule has 2 N–H and O–H groups in total. The number of hydrogen-bond donors (Lipinski definition) is 1. The Labute approximate surface area is 110 Å². The van der Waals surface area contributed by atoms with Crippen molar-refractivity contribution in [2.45, 2.75) is 45.3 Å². The van der Waals surface area contributed by atoms with Gasteiger partial charge in [0.1, 0.15) is 5.75 Å². The molecule has 1 saturated heterocycles. The van der Waals surface area contributed by atoms with E-state index in [4.69, 9.17) is 10.5 Å². The van der Waals surface area contributed by atoms with Crippen molar-refractivity contribution in [2.75, 3.05) is 13.7 Å². The Hall–Kier alpha value is -1.06. The van der Waals surface area contributed by atoms with Gasteiger partial charge < -0.3 is 10.5 Å². The highest BCUT2D eigenvalue weighted by atomic mass is 16.5. The zero-order valence-corrected chi connectivity index (χ0v) is 11.6. The van der Waals surface area contributed by atoms with Gasteiger partial charge in [0.2, 0.25) is 0 Å². The summed E-state index contributed by atoms with van der Waals surface area (Å²) in [5.74, 6) is 0.971. The smallest absolute Gasteiger partial charge is 0.123 e. The molecule has 1 aliphatic rings. The molecular weight excluding hydrogens is 224 g/mol. The van der Waals surface area contributed by atoms with Crippen molar-refractivity contribution in [3.05, 3.63) is 29.3 Å². The molecule has 100 valence electrons. The highest BCUT2D eigenvalue weighted by molar-refractivity contribution is 5.38. The first kappa shape index (κ1) is 13.4. The molecule has 2 unspecified atom stereocenters. The second-order valence-corrected chi connectivity index (χ2v) is 5.32. The number of benzene rings is 1. The summed E-state index contributed by atoms with van der Waals surface area (Å²) in [4.78, 5) is 2.52. The van der Waals surface area contributed by atoms with E-state index in [0.717, 1.165) is 12.3 Å². The normalized spacial score (nSPS) is 22.1. The number of ether oxygens (including phenoxy) is 1. The van der Waals surface area contributed by atoms with Crippen LogP contribution in [0, 0.1) is 0 Å². The van der Waals surface area contributed by atoms with Crippen LogP contribution >= 0.6 is 0 Å². The van der Waals surface area contributed by atoms with Gasteiger partial charge >= 0.3 is 0 Å². The summed E-state index contributed by atoms with van der Waals surface area (Å²) < 4.78 is 5.46. The number of likely N-dealkylation sites (tertiary alicyclic amines) is 1. The maximum absolute atomic E-state index is 5.96. The van der Waals surface area contributed by atoms with Crippen molar-refractivity contribution in [1.29, 1.82) is 0 Å². The van der Waals surface area contributed by atoms with E-state index in [0.29, 0.717) is 6.04 Å². The van der Waals surface area contributed by atoms with E-state index in [1.165, 1.54) is 30.5 Å². The molecule has 0 aliphatic carbocycles. The number of hydrogen-bond acceptors (Lipinski definition) is 3. The zero-order chi connectivity index (χ0) is 13.1. The van der Waals surface area contributed by atoms with Crippen LogP contribution in [-0.2, 0) is 6.54 Å². The Morgan fingerprint density at radius 1 is 1.50 bits per heavy atom. The first-order valence-electron chi connectivity index (χ1n) is 6.78. The minimum absolute atomic E-state index is 0.0747. The minimum atomic E-state index is 0.0747. The monoisotopic (exact) mass is 248 g/mol. The molecule has 0 saturated carbocycles. The van der Waals surface area contributed by atoms with Crippen LogP contribution in [0.25, 0.3) is 0 Å². The SMILES string of the molecule is COc1ccc(C(C)N)cc1CN1CCCC1C. The fourth-order valence-corrected chi connectivity index (χ4v) is 2.65. The highest BCUT2D eigenvalue weighted by Gasteiger charge is 2.21. The summed E-state index contributed by atoms with van der Waals surface area (Å²) >= 11 is 0.